The Labute approximate surface area is 180 Å². The molecular formula is C25H34N4O. The Kier molecular flexibility index (Phi) is 6.70. The highest BCUT2D eigenvalue weighted by Crippen LogP contribution is 2.35. The topological polar surface area (TPSA) is 38.8 Å². The van der Waals surface area contributed by atoms with Crippen molar-refractivity contribution in [3.8, 4) is 0 Å². The molecule has 160 valence electrons. The smallest absolute Gasteiger partial charge is 0.242 e. The Balaban J connectivity index is 1.38. The largest absolute Gasteiger partial charge is 0.376 e. The number of anilines is 1. The van der Waals surface area contributed by atoms with Gasteiger partial charge in [-0.3, -0.25) is 9.69 Å². The fraction of sp³-hybridized carbons (Fsp3) is 0.480. The number of amides is 1. The van der Waals surface area contributed by atoms with Gasteiger partial charge in [0.1, 0.15) is 0 Å². The van der Waals surface area contributed by atoms with Crippen LogP contribution in [0.15, 0.2) is 48.5 Å². The highest BCUT2D eigenvalue weighted by Gasteiger charge is 2.28. The number of hydrogen-bond donors (Lipinski definition) is 1. The van der Waals surface area contributed by atoms with E-state index < -0.39 is 0 Å². The third-order valence-electron chi connectivity index (χ3n) is 6.08. The Bertz CT molecular complexity index is 847. The third-order valence-corrected chi connectivity index (χ3v) is 6.08. The molecular weight excluding hydrogens is 372 g/mol. The van der Waals surface area contributed by atoms with E-state index in [0.29, 0.717) is 13.1 Å². The molecule has 1 amide bonds. The normalized spacial score (nSPS) is 16.0. The summed E-state index contributed by atoms with van der Waals surface area (Å²) in [4.78, 5) is 19.7. The average Bonchev–Trinajstić information content (AvgIpc) is 3.45. The van der Waals surface area contributed by atoms with Crippen LogP contribution in [0.2, 0.25) is 0 Å². The van der Waals surface area contributed by atoms with Gasteiger partial charge < -0.3 is 15.1 Å². The SMILES string of the molecule is CN(C)CCN(Cc1ccccc1)C(=O)CNc1cccc2c1CN(CC1CC1)C2. The number of hydrogen-bond acceptors (Lipinski definition) is 4. The van der Waals surface area contributed by atoms with Crippen LogP contribution in [0.1, 0.15) is 29.5 Å². The maximum atomic E-state index is 13.1. The van der Waals surface area contributed by atoms with Crippen LogP contribution >= 0.6 is 0 Å². The standard InChI is InChI=1S/C25H34N4O/c1-27(2)13-14-29(17-20-7-4-3-5-8-20)25(30)15-26-24-10-6-9-22-18-28(19-23(22)24)16-21-11-12-21/h3-10,21,26H,11-19H2,1-2H3. The molecule has 2 aromatic carbocycles. The fourth-order valence-corrected chi connectivity index (χ4v) is 4.15. The summed E-state index contributed by atoms with van der Waals surface area (Å²) in [5, 5.41) is 3.46. The highest BCUT2D eigenvalue weighted by molar-refractivity contribution is 5.81. The molecule has 0 saturated heterocycles. The molecule has 0 aromatic heterocycles. The number of likely N-dealkylation sites (N-methyl/N-ethyl adjacent to an activating group) is 1. The van der Waals surface area contributed by atoms with Crippen molar-refractivity contribution in [2.75, 3.05) is 45.6 Å². The predicted molar refractivity (Wildman–Crippen MR) is 122 cm³/mol. The molecule has 0 unspecified atom stereocenters. The molecule has 0 spiro atoms. The van der Waals surface area contributed by atoms with Crippen molar-refractivity contribution in [1.29, 1.82) is 0 Å². The van der Waals surface area contributed by atoms with Crippen molar-refractivity contribution >= 4 is 11.6 Å². The number of benzene rings is 2. The Morgan fingerprint density at radius 1 is 1.03 bits per heavy atom. The van der Waals surface area contributed by atoms with Gasteiger partial charge in [-0.25, -0.2) is 0 Å². The first-order valence-electron chi connectivity index (χ1n) is 11.1. The van der Waals surface area contributed by atoms with E-state index >= 15 is 0 Å². The molecule has 2 aliphatic rings. The quantitative estimate of drug-likeness (QED) is 0.656. The van der Waals surface area contributed by atoms with Crippen LogP contribution in [0.5, 0.6) is 0 Å². The summed E-state index contributed by atoms with van der Waals surface area (Å²) in [6, 6.07) is 16.7. The molecule has 30 heavy (non-hydrogen) atoms. The van der Waals surface area contributed by atoms with Crippen LogP contribution in [-0.2, 0) is 24.4 Å². The fourth-order valence-electron chi connectivity index (χ4n) is 4.15. The van der Waals surface area contributed by atoms with E-state index in [1.165, 1.54) is 36.1 Å². The zero-order valence-electron chi connectivity index (χ0n) is 18.3. The maximum absolute atomic E-state index is 13.1. The monoisotopic (exact) mass is 406 g/mol. The minimum Gasteiger partial charge on any atom is -0.376 e. The summed E-state index contributed by atoms with van der Waals surface area (Å²) in [6.45, 7) is 5.81. The van der Waals surface area contributed by atoms with E-state index in [4.69, 9.17) is 0 Å². The summed E-state index contributed by atoms with van der Waals surface area (Å²) in [7, 11) is 4.09. The van der Waals surface area contributed by atoms with Crippen LogP contribution in [-0.4, -0.2) is 60.9 Å². The lowest BCUT2D eigenvalue weighted by atomic mass is 10.1. The van der Waals surface area contributed by atoms with Crippen LogP contribution < -0.4 is 5.32 Å². The van der Waals surface area contributed by atoms with Gasteiger partial charge in [0.25, 0.3) is 0 Å². The molecule has 1 saturated carbocycles. The van der Waals surface area contributed by atoms with Crippen molar-refractivity contribution in [1.82, 2.24) is 14.7 Å². The average molecular weight is 407 g/mol. The van der Waals surface area contributed by atoms with Gasteiger partial charge in [-0.05, 0) is 55.6 Å². The lowest BCUT2D eigenvalue weighted by molar-refractivity contribution is -0.130. The lowest BCUT2D eigenvalue weighted by Gasteiger charge is -2.25. The minimum absolute atomic E-state index is 0.145. The van der Waals surface area contributed by atoms with Gasteiger partial charge in [-0.15, -0.1) is 0 Å². The first-order valence-corrected chi connectivity index (χ1v) is 11.1. The van der Waals surface area contributed by atoms with Crippen LogP contribution in [0.4, 0.5) is 5.69 Å². The second-order valence-electron chi connectivity index (χ2n) is 9.01. The Morgan fingerprint density at radius 2 is 1.83 bits per heavy atom. The third kappa shape index (κ3) is 5.61. The number of nitrogens with one attached hydrogen (secondary N) is 1. The molecule has 1 N–H and O–H groups in total. The summed E-state index contributed by atoms with van der Waals surface area (Å²) in [5.41, 5.74) is 5.06. The molecule has 1 aliphatic carbocycles. The first-order chi connectivity index (χ1) is 14.6. The second kappa shape index (κ2) is 9.63. The van der Waals surface area contributed by atoms with Crippen LogP contribution in [0.3, 0.4) is 0 Å². The molecule has 1 aliphatic heterocycles. The van der Waals surface area contributed by atoms with Gasteiger partial charge in [0.05, 0.1) is 6.54 Å². The molecule has 4 rings (SSSR count). The molecule has 1 fully saturated rings. The zero-order chi connectivity index (χ0) is 20.9. The van der Waals surface area contributed by atoms with Crippen LogP contribution in [0, 0.1) is 5.92 Å². The second-order valence-corrected chi connectivity index (χ2v) is 9.01. The molecule has 5 nitrogen and oxygen atoms in total. The lowest BCUT2D eigenvalue weighted by Crippen LogP contribution is -2.39. The van der Waals surface area contributed by atoms with Crippen molar-refractivity contribution in [2.45, 2.75) is 32.5 Å². The molecule has 5 heteroatoms. The summed E-state index contributed by atoms with van der Waals surface area (Å²) >= 11 is 0. The summed E-state index contributed by atoms with van der Waals surface area (Å²) < 4.78 is 0. The van der Waals surface area contributed by atoms with Crippen molar-refractivity contribution in [3.05, 3.63) is 65.2 Å². The minimum atomic E-state index is 0.145. The van der Waals surface area contributed by atoms with E-state index in [1.54, 1.807) is 0 Å². The number of carbonyl (C=O) groups is 1. The van der Waals surface area contributed by atoms with E-state index in [0.717, 1.165) is 37.8 Å². The van der Waals surface area contributed by atoms with Crippen molar-refractivity contribution < 1.29 is 4.79 Å². The van der Waals surface area contributed by atoms with Crippen molar-refractivity contribution in [3.63, 3.8) is 0 Å². The van der Waals surface area contributed by atoms with Gasteiger partial charge in [0.15, 0.2) is 0 Å². The van der Waals surface area contributed by atoms with E-state index in [-0.39, 0.29) is 5.91 Å². The Hall–Kier alpha value is -2.37. The first kappa shape index (κ1) is 20.9. The number of fused-ring (bicyclic) bond motifs is 1. The van der Waals surface area contributed by atoms with Crippen molar-refractivity contribution in [2.24, 2.45) is 5.92 Å². The number of rotatable bonds is 10. The maximum Gasteiger partial charge on any atom is 0.242 e. The molecule has 2 aromatic rings. The van der Waals surface area contributed by atoms with Gasteiger partial charge in [-0.2, -0.15) is 0 Å². The van der Waals surface area contributed by atoms with E-state index in [2.05, 4.69) is 45.4 Å². The number of carbonyl (C=O) groups excluding carboxylic acids is 1. The molecule has 0 atom stereocenters. The summed E-state index contributed by atoms with van der Waals surface area (Å²) in [6.07, 6.45) is 2.77. The van der Waals surface area contributed by atoms with Gasteiger partial charge in [-0.1, -0.05) is 42.5 Å². The molecule has 1 heterocycles. The number of nitrogens with zero attached hydrogens (tertiary/aromatic N) is 3. The molecule has 0 radical (unpaired) electrons. The van der Waals surface area contributed by atoms with E-state index in [1.807, 2.05) is 37.2 Å². The summed E-state index contributed by atoms with van der Waals surface area (Å²) in [5.74, 6) is 1.05. The highest BCUT2D eigenvalue weighted by atomic mass is 16.2. The molecule has 0 bridgehead atoms. The van der Waals surface area contributed by atoms with Gasteiger partial charge in [0, 0.05) is 45.0 Å². The van der Waals surface area contributed by atoms with E-state index in [9.17, 15) is 4.79 Å². The van der Waals surface area contributed by atoms with Gasteiger partial charge in [0.2, 0.25) is 5.91 Å². The van der Waals surface area contributed by atoms with Gasteiger partial charge >= 0.3 is 0 Å². The van der Waals surface area contributed by atoms with Crippen LogP contribution in [0.25, 0.3) is 0 Å². The predicted octanol–water partition coefficient (Wildman–Crippen LogP) is 3.41. The zero-order valence-corrected chi connectivity index (χ0v) is 18.3. The Morgan fingerprint density at radius 3 is 2.57 bits per heavy atom.